The van der Waals surface area contributed by atoms with Gasteiger partial charge in [0.2, 0.25) is 5.91 Å². The molecule has 8 heteroatoms. The first-order valence-corrected chi connectivity index (χ1v) is 7.47. The number of aromatic nitrogens is 1. The van der Waals surface area contributed by atoms with Gasteiger partial charge in [0.25, 0.3) is 5.91 Å². The molecule has 0 bridgehead atoms. The summed E-state index contributed by atoms with van der Waals surface area (Å²) < 4.78 is 52.3. The molecule has 1 amide bonds. The highest BCUT2D eigenvalue weighted by Crippen LogP contribution is 2.30. The van der Waals surface area contributed by atoms with Gasteiger partial charge in [-0.1, -0.05) is 0 Å². The lowest BCUT2D eigenvalue weighted by molar-refractivity contribution is -0.137. The molecule has 0 aliphatic heterocycles. The summed E-state index contributed by atoms with van der Waals surface area (Å²) in [6.07, 6.45) is -3.20. The predicted octanol–water partition coefficient (Wildman–Crippen LogP) is 4.71. The maximum absolute atomic E-state index is 13.5. The van der Waals surface area contributed by atoms with Crippen molar-refractivity contribution < 1.29 is 27.2 Å². The molecule has 0 aliphatic rings. The summed E-state index contributed by atoms with van der Waals surface area (Å²) in [6.45, 7) is 1.27. The topological polar surface area (TPSA) is 51.1 Å². The Hall–Kier alpha value is -3.16. The maximum atomic E-state index is 13.5. The van der Waals surface area contributed by atoms with Crippen LogP contribution in [0.5, 0.6) is 0 Å². The van der Waals surface area contributed by atoms with Crippen molar-refractivity contribution >= 4 is 28.4 Å². The molecule has 3 rings (SSSR count). The van der Waals surface area contributed by atoms with Crippen LogP contribution in [-0.2, 0) is 6.18 Å². The van der Waals surface area contributed by atoms with Crippen LogP contribution in [0.2, 0.25) is 0 Å². The van der Waals surface area contributed by atoms with Crippen LogP contribution in [0.3, 0.4) is 0 Å². The molecule has 1 N–H and O–H groups in total. The summed E-state index contributed by atoms with van der Waals surface area (Å²) in [4.78, 5) is 24.2. The SMILES string of the molecule is CC(=O)n1cc(C(=O)Nc2ccc(C(F)(F)F)cc2)c2ccc(F)cc21. The molecular formula is C18H12F4N2O2. The van der Waals surface area contributed by atoms with Crippen molar-refractivity contribution in [2.24, 2.45) is 0 Å². The molecule has 3 aromatic rings. The lowest BCUT2D eigenvalue weighted by atomic mass is 10.1. The van der Waals surface area contributed by atoms with E-state index >= 15 is 0 Å². The Labute approximate surface area is 145 Å². The van der Waals surface area contributed by atoms with E-state index in [1.54, 1.807) is 0 Å². The quantitative estimate of drug-likeness (QED) is 0.670. The van der Waals surface area contributed by atoms with Gasteiger partial charge >= 0.3 is 6.18 Å². The summed E-state index contributed by atoms with van der Waals surface area (Å²) in [7, 11) is 0. The first-order valence-electron chi connectivity index (χ1n) is 7.47. The number of alkyl halides is 3. The fourth-order valence-electron chi connectivity index (χ4n) is 2.58. The van der Waals surface area contributed by atoms with Gasteiger partial charge in [0.15, 0.2) is 0 Å². The lowest BCUT2D eigenvalue weighted by Gasteiger charge is -2.08. The Kier molecular flexibility index (Phi) is 4.27. The summed E-state index contributed by atoms with van der Waals surface area (Å²) >= 11 is 0. The first-order chi connectivity index (χ1) is 12.2. The lowest BCUT2D eigenvalue weighted by Crippen LogP contribution is -2.12. The van der Waals surface area contributed by atoms with Crippen LogP contribution in [0.1, 0.15) is 27.6 Å². The summed E-state index contributed by atoms with van der Waals surface area (Å²) in [5, 5.41) is 2.82. The summed E-state index contributed by atoms with van der Waals surface area (Å²) in [6, 6.07) is 7.61. The van der Waals surface area contributed by atoms with E-state index in [0.717, 1.165) is 41.0 Å². The molecule has 2 aromatic carbocycles. The van der Waals surface area contributed by atoms with Gasteiger partial charge in [0, 0.05) is 24.2 Å². The summed E-state index contributed by atoms with van der Waals surface area (Å²) in [5.74, 6) is -1.59. The van der Waals surface area contributed by atoms with Gasteiger partial charge in [-0.3, -0.25) is 14.2 Å². The molecular weight excluding hydrogens is 352 g/mol. The number of amides is 1. The molecule has 0 saturated carbocycles. The Morgan fingerprint density at radius 1 is 1.04 bits per heavy atom. The number of halogens is 4. The zero-order valence-electron chi connectivity index (χ0n) is 13.4. The van der Waals surface area contributed by atoms with Gasteiger partial charge in [0.05, 0.1) is 16.6 Å². The second kappa shape index (κ2) is 6.29. The number of rotatable bonds is 2. The zero-order chi connectivity index (χ0) is 19.1. The largest absolute Gasteiger partial charge is 0.416 e. The molecule has 134 valence electrons. The van der Waals surface area contributed by atoms with Gasteiger partial charge < -0.3 is 5.32 Å². The number of hydrogen-bond acceptors (Lipinski definition) is 2. The minimum atomic E-state index is -4.47. The molecule has 1 heterocycles. The highest BCUT2D eigenvalue weighted by atomic mass is 19.4. The second-order valence-electron chi connectivity index (χ2n) is 5.62. The normalized spacial score (nSPS) is 11.6. The number of carbonyl (C=O) groups excluding carboxylic acids is 2. The smallest absolute Gasteiger partial charge is 0.322 e. The van der Waals surface area contributed by atoms with E-state index in [4.69, 9.17) is 0 Å². The zero-order valence-corrected chi connectivity index (χ0v) is 13.4. The highest BCUT2D eigenvalue weighted by Gasteiger charge is 2.30. The number of anilines is 1. The van der Waals surface area contributed by atoms with E-state index in [0.29, 0.717) is 5.39 Å². The van der Waals surface area contributed by atoms with Crippen LogP contribution >= 0.6 is 0 Å². The van der Waals surface area contributed by atoms with Crippen LogP contribution in [0.25, 0.3) is 10.9 Å². The van der Waals surface area contributed by atoms with Crippen molar-refractivity contribution in [3.63, 3.8) is 0 Å². The Bertz CT molecular complexity index is 1000. The van der Waals surface area contributed by atoms with E-state index in [2.05, 4.69) is 5.32 Å². The molecule has 0 saturated heterocycles. The van der Waals surface area contributed by atoms with Gasteiger partial charge in [-0.15, -0.1) is 0 Å². The molecule has 0 unspecified atom stereocenters. The average Bonchev–Trinajstić information content (AvgIpc) is 2.93. The highest BCUT2D eigenvalue weighted by molar-refractivity contribution is 6.14. The molecule has 0 aliphatic carbocycles. The first kappa shape index (κ1) is 17.7. The standard InChI is InChI=1S/C18H12F4N2O2/c1-10(25)24-9-15(14-7-4-12(19)8-16(14)24)17(26)23-13-5-2-11(3-6-13)18(20,21)22/h2-9H,1H3,(H,23,26). The average molecular weight is 364 g/mol. The maximum Gasteiger partial charge on any atom is 0.416 e. The number of fused-ring (bicyclic) bond motifs is 1. The van der Waals surface area contributed by atoms with Crippen molar-refractivity contribution in [3.8, 4) is 0 Å². The second-order valence-corrected chi connectivity index (χ2v) is 5.62. The van der Waals surface area contributed by atoms with E-state index in [1.165, 1.54) is 19.2 Å². The third-order valence-corrected chi connectivity index (χ3v) is 3.82. The van der Waals surface area contributed by atoms with Crippen LogP contribution in [0, 0.1) is 5.82 Å². The van der Waals surface area contributed by atoms with Crippen LogP contribution < -0.4 is 5.32 Å². The Morgan fingerprint density at radius 2 is 1.69 bits per heavy atom. The summed E-state index contributed by atoms with van der Waals surface area (Å²) in [5.41, 5.74) is -0.335. The number of nitrogens with one attached hydrogen (secondary N) is 1. The molecule has 26 heavy (non-hydrogen) atoms. The van der Waals surface area contributed by atoms with Crippen molar-refractivity contribution in [2.75, 3.05) is 5.32 Å². The molecule has 0 radical (unpaired) electrons. The van der Waals surface area contributed by atoms with Crippen molar-refractivity contribution in [3.05, 3.63) is 65.6 Å². The number of nitrogens with zero attached hydrogens (tertiary/aromatic N) is 1. The Balaban J connectivity index is 1.94. The molecule has 4 nitrogen and oxygen atoms in total. The van der Waals surface area contributed by atoms with Crippen molar-refractivity contribution in [1.82, 2.24) is 4.57 Å². The monoisotopic (exact) mass is 364 g/mol. The number of carbonyl (C=O) groups is 2. The predicted molar refractivity (Wildman–Crippen MR) is 87.6 cm³/mol. The fraction of sp³-hybridized carbons (Fsp3) is 0.111. The number of benzene rings is 2. The molecule has 0 spiro atoms. The third kappa shape index (κ3) is 3.30. The van der Waals surface area contributed by atoms with Crippen LogP contribution in [0.4, 0.5) is 23.2 Å². The van der Waals surface area contributed by atoms with Gasteiger partial charge in [-0.2, -0.15) is 13.2 Å². The van der Waals surface area contributed by atoms with E-state index in [-0.39, 0.29) is 16.8 Å². The third-order valence-electron chi connectivity index (χ3n) is 3.82. The number of hydrogen-bond donors (Lipinski definition) is 1. The van der Waals surface area contributed by atoms with E-state index in [9.17, 15) is 27.2 Å². The van der Waals surface area contributed by atoms with Crippen molar-refractivity contribution in [1.29, 1.82) is 0 Å². The van der Waals surface area contributed by atoms with Gasteiger partial charge in [0.1, 0.15) is 5.82 Å². The van der Waals surface area contributed by atoms with Crippen molar-refractivity contribution in [2.45, 2.75) is 13.1 Å². The minimum Gasteiger partial charge on any atom is -0.322 e. The van der Waals surface area contributed by atoms with Gasteiger partial charge in [-0.25, -0.2) is 4.39 Å². The van der Waals surface area contributed by atoms with Crippen LogP contribution in [-0.4, -0.2) is 16.4 Å². The van der Waals surface area contributed by atoms with E-state index in [1.807, 2.05) is 0 Å². The minimum absolute atomic E-state index is 0.107. The fourth-order valence-corrected chi connectivity index (χ4v) is 2.58. The molecule has 0 fully saturated rings. The van der Waals surface area contributed by atoms with Crippen LogP contribution in [0.15, 0.2) is 48.7 Å². The Morgan fingerprint density at radius 3 is 2.27 bits per heavy atom. The van der Waals surface area contributed by atoms with Gasteiger partial charge in [-0.05, 0) is 42.5 Å². The molecule has 1 aromatic heterocycles. The van der Waals surface area contributed by atoms with E-state index < -0.39 is 29.4 Å². The molecule has 0 atom stereocenters.